The smallest absolute Gasteiger partial charge is 0.0509 e. The summed E-state index contributed by atoms with van der Waals surface area (Å²) in [5, 5.41) is 0. The number of hydrogen-bond acceptors (Lipinski definition) is 2. The van der Waals surface area contributed by atoms with E-state index < -0.39 is 0 Å². The van der Waals surface area contributed by atoms with E-state index in [0.717, 1.165) is 31.0 Å². The molecule has 2 atom stereocenters. The standard InChI is InChI=1S/C15H29NO/c1-14(2,3)13-11-7-16(15(4,5)6)8-12(13)10-17-9-11/h11-13H,7-10H2,1-6H3. The highest BCUT2D eigenvalue weighted by Gasteiger charge is 2.47. The highest BCUT2D eigenvalue weighted by atomic mass is 16.5. The number of rotatable bonds is 0. The molecule has 17 heavy (non-hydrogen) atoms. The largest absolute Gasteiger partial charge is 0.381 e. The number of nitrogens with zero attached hydrogens (tertiary/aromatic N) is 1. The van der Waals surface area contributed by atoms with E-state index in [4.69, 9.17) is 4.74 Å². The van der Waals surface area contributed by atoms with Gasteiger partial charge in [-0.25, -0.2) is 0 Å². The van der Waals surface area contributed by atoms with E-state index in [1.165, 1.54) is 13.1 Å². The van der Waals surface area contributed by atoms with Crippen molar-refractivity contribution < 1.29 is 4.74 Å². The summed E-state index contributed by atoms with van der Waals surface area (Å²) in [7, 11) is 0. The average molecular weight is 239 g/mol. The zero-order valence-corrected chi connectivity index (χ0v) is 12.4. The third-order valence-electron chi connectivity index (χ3n) is 4.54. The highest BCUT2D eigenvalue weighted by Crippen LogP contribution is 2.45. The van der Waals surface area contributed by atoms with Crippen LogP contribution in [0.1, 0.15) is 41.5 Å². The van der Waals surface area contributed by atoms with Gasteiger partial charge in [0.1, 0.15) is 0 Å². The summed E-state index contributed by atoms with van der Waals surface area (Å²) in [6.45, 7) is 18.5. The van der Waals surface area contributed by atoms with Gasteiger partial charge in [-0.1, -0.05) is 20.8 Å². The third kappa shape index (κ3) is 2.68. The number of piperidine rings is 1. The van der Waals surface area contributed by atoms with Gasteiger partial charge in [-0.2, -0.15) is 0 Å². The molecule has 0 aromatic carbocycles. The first kappa shape index (κ1) is 13.4. The molecule has 0 aliphatic carbocycles. The second kappa shape index (κ2) is 4.24. The molecule has 2 aliphatic rings. The average Bonchev–Trinajstić information content (AvgIpc) is 2.12. The fourth-order valence-corrected chi connectivity index (χ4v) is 3.90. The van der Waals surface area contributed by atoms with Crippen molar-refractivity contribution in [3.8, 4) is 0 Å². The van der Waals surface area contributed by atoms with Crippen molar-refractivity contribution in [2.45, 2.75) is 47.1 Å². The maximum atomic E-state index is 5.80. The molecule has 0 aromatic heterocycles. The van der Waals surface area contributed by atoms with E-state index in [1.54, 1.807) is 0 Å². The Balaban J connectivity index is 2.17. The molecule has 2 rings (SSSR count). The molecular weight excluding hydrogens is 210 g/mol. The summed E-state index contributed by atoms with van der Waals surface area (Å²) in [6, 6.07) is 0. The fraction of sp³-hybridized carbons (Fsp3) is 1.00. The van der Waals surface area contributed by atoms with Gasteiger partial charge >= 0.3 is 0 Å². The second-order valence-corrected chi connectivity index (χ2v) is 8.03. The molecule has 2 aliphatic heterocycles. The Bertz CT molecular complexity index is 260. The van der Waals surface area contributed by atoms with Crippen molar-refractivity contribution in [2.75, 3.05) is 26.3 Å². The molecule has 2 heterocycles. The molecule has 2 fully saturated rings. The lowest BCUT2D eigenvalue weighted by Crippen LogP contribution is -2.60. The second-order valence-electron chi connectivity index (χ2n) is 8.03. The van der Waals surface area contributed by atoms with Crippen LogP contribution in [0.5, 0.6) is 0 Å². The zero-order valence-electron chi connectivity index (χ0n) is 12.4. The van der Waals surface area contributed by atoms with Gasteiger partial charge in [-0.3, -0.25) is 4.90 Å². The first-order valence-electron chi connectivity index (χ1n) is 7.02. The third-order valence-corrected chi connectivity index (χ3v) is 4.54. The van der Waals surface area contributed by atoms with Crippen molar-refractivity contribution in [3.63, 3.8) is 0 Å². The van der Waals surface area contributed by atoms with E-state index in [9.17, 15) is 0 Å². The lowest BCUT2D eigenvalue weighted by molar-refractivity contribution is -0.132. The Labute approximate surface area is 107 Å². The Morgan fingerprint density at radius 2 is 1.35 bits per heavy atom. The van der Waals surface area contributed by atoms with Crippen LogP contribution in [0.2, 0.25) is 0 Å². The quantitative estimate of drug-likeness (QED) is 0.644. The van der Waals surface area contributed by atoms with Gasteiger partial charge in [0.15, 0.2) is 0 Å². The van der Waals surface area contributed by atoms with Gasteiger partial charge in [0.25, 0.3) is 0 Å². The molecule has 2 saturated heterocycles. The lowest BCUT2D eigenvalue weighted by Gasteiger charge is -2.55. The fourth-order valence-electron chi connectivity index (χ4n) is 3.90. The Morgan fingerprint density at radius 3 is 1.71 bits per heavy atom. The van der Waals surface area contributed by atoms with E-state index in [-0.39, 0.29) is 0 Å². The van der Waals surface area contributed by atoms with Crippen LogP contribution in [-0.2, 0) is 4.74 Å². The van der Waals surface area contributed by atoms with Crippen molar-refractivity contribution in [1.29, 1.82) is 0 Å². The van der Waals surface area contributed by atoms with Crippen molar-refractivity contribution >= 4 is 0 Å². The first-order chi connectivity index (χ1) is 7.69. The van der Waals surface area contributed by atoms with Gasteiger partial charge in [0.05, 0.1) is 13.2 Å². The Morgan fingerprint density at radius 1 is 0.882 bits per heavy atom. The van der Waals surface area contributed by atoms with Crippen LogP contribution in [0.25, 0.3) is 0 Å². The van der Waals surface area contributed by atoms with E-state index in [2.05, 4.69) is 46.4 Å². The molecule has 0 aromatic rings. The normalized spacial score (nSPS) is 36.0. The number of likely N-dealkylation sites (tertiary alicyclic amines) is 1. The number of fused-ring (bicyclic) bond motifs is 2. The minimum Gasteiger partial charge on any atom is -0.381 e. The van der Waals surface area contributed by atoms with Crippen LogP contribution >= 0.6 is 0 Å². The van der Waals surface area contributed by atoms with Crippen molar-refractivity contribution in [3.05, 3.63) is 0 Å². The van der Waals surface area contributed by atoms with Crippen LogP contribution in [0.3, 0.4) is 0 Å². The van der Waals surface area contributed by atoms with E-state index >= 15 is 0 Å². The molecule has 0 N–H and O–H groups in total. The van der Waals surface area contributed by atoms with Gasteiger partial charge in [0.2, 0.25) is 0 Å². The molecule has 0 amide bonds. The van der Waals surface area contributed by atoms with Crippen molar-refractivity contribution in [2.24, 2.45) is 23.2 Å². The summed E-state index contributed by atoms with van der Waals surface area (Å²) in [4.78, 5) is 2.66. The molecule has 0 spiro atoms. The maximum Gasteiger partial charge on any atom is 0.0509 e. The molecule has 0 radical (unpaired) electrons. The predicted octanol–water partition coefficient (Wildman–Crippen LogP) is 3.03. The van der Waals surface area contributed by atoms with Crippen LogP contribution < -0.4 is 0 Å². The number of ether oxygens (including phenoxy) is 1. The summed E-state index contributed by atoms with van der Waals surface area (Å²) in [6.07, 6.45) is 0. The van der Waals surface area contributed by atoms with Gasteiger partial charge < -0.3 is 4.74 Å². The summed E-state index contributed by atoms with van der Waals surface area (Å²) in [5.41, 5.74) is 0.722. The minimum absolute atomic E-state index is 0.302. The number of hydrogen-bond donors (Lipinski definition) is 0. The minimum atomic E-state index is 0.302. The lowest BCUT2D eigenvalue weighted by atomic mass is 9.63. The van der Waals surface area contributed by atoms with Gasteiger partial charge in [-0.05, 0) is 43.9 Å². The van der Waals surface area contributed by atoms with E-state index in [0.29, 0.717) is 11.0 Å². The monoisotopic (exact) mass is 239 g/mol. The van der Waals surface area contributed by atoms with Gasteiger partial charge in [0, 0.05) is 18.6 Å². The van der Waals surface area contributed by atoms with Gasteiger partial charge in [-0.15, -0.1) is 0 Å². The molecule has 2 heteroatoms. The molecule has 2 bridgehead atoms. The molecule has 0 saturated carbocycles. The summed E-state index contributed by atoms with van der Waals surface area (Å²) < 4.78 is 5.80. The molecule has 100 valence electrons. The maximum absolute atomic E-state index is 5.80. The summed E-state index contributed by atoms with van der Waals surface area (Å²) in [5.74, 6) is 2.28. The zero-order chi connectivity index (χ0) is 12.8. The van der Waals surface area contributed by atoms with Crippen LogP contribution in [0, 0.1) is 23.2 Å². The van der Waals surface area contributed by atoms with E-state index in [1.807, 2.05) is 0 Å². The first-order valence-corrected chi connectivity index (χ1v) is 7.02. The van der Waals surface area contributed by atoms with Crippen molar-refractivity contribution in [1.82, 2.24) is 4.90 Å². The highest BCUT2D eigenvalue weighted by molar-refractivity contribution is 4.97. The van der Waals surface area contributed by atoms with Crippen LogP contribution in [0.4, 0.5) is 0 Å². The topological polar surface area (TPSA) is 12.5 Å². The molecule has 2 unspecified atom stereocenters. The Hall–Kier alpha value is -0.0800. The summed E-state index contributed by atoms with van der Waals surface area (Å²) >= 11 is 0. The Kier molecular flexibility index (Phi) is 3.33. The molecular formula is C15H29NO. The van der Waals surface area contributed by atoms with Crippen LogP contribution in [-0.4, -0.2) is 36.7 Å². The van der Waals surface area contributed by atoms with Crippen LogP contribution in [0.15, 0.2) is 0 Å². The molecule has 2 nitrogen and oxygen atoms in total. The SMILES string of the molecule is CC(C)(C)C1C2COCC1CN(C(C)(C)C)C2. The predicted molar refractivity (Wildman–Crippen MR) is 72.1 cm³/mol.